The third-order valence-electron chi connectivity index (χ3n) is 4.89. The maximum absolute atomic E-state index is 9.70. The van der Waals surface area contributed by atoms with Crippen LogP contribution >= 0.6 is 0 Å². The molecule has 4 unspecified atom stereocenters. The number of aliphatic imine (C=N–C) groups is 2. The van der Waals surface area contributed by atoms with Gasteiger partial charge in [0, 0.05) is 10.8 Å². The number of aliphatic hydroxyl groups is 2. The van der Waals surface area contributed by atoms with Crippen molar-refractivity contribution >= 4 is 11.8 Å². The van der Waals surface area contributed by atoms with E-state index in [-0.39, 0.29) is 48.3 Å². The SMILES string of the molecule is CC(C)(C1=NC(CO)C(C(C)(C)C)O1)C1=NC(CO)C(C(C)(C)C)O1. The van der Waals surface area contributed by atoms with Crippen LogP contribution in [0.5, 0.6) is 0 Å². The largest absolute Gasteiger partial charge is 0.474 e. The average molecular weight is 354 g/mol. The molecule has 0 aromatic heterocycles. The number of hydrogen-bond donors (Lipinski definition) is 2. The Labute approximate surface area is 151 Å². The molecule has 2 aliphatic rings. The van der Waals surface area contributed by atoms with Crippen LogP contribution in [0, 0.1) is 16.2 Å². The molecule has 0 aliphatic carbocycles. The van der Waals surface area contributed by atoms with E-state index in [1.54, 1.807) is 0 Å². The molecule has 0 spiro atoms. The molecule has 2 aliphatic heterocycles. The molecule has 6 nitrogen and oxygen atoms in total. The summed E-state index contributed by atoms with van der Waals surface area (Å²) in [5.41, 5.74) is -0.940. The van der Waals surface area contributed by atoms with Gasteiger partial charge in [0.15, 0.2) is 11.8 Å². The van der Waals surface area contributed by atoms with E-state index < -0.39 is 5.41 Å². The molecule has 2 heterocycles. The van der Waals surface area contributed by atoms with E-state index in [9.17, 15) is 10.2 Å². The van der Waals surface area contributed by atoms with Gasteiger partial charge in [0.2, 0.25) is 0 Å². The molecular weight excluding hydrogens is 320 g/mol. The van der Waals surface area contributed by atoms with Crippen LogP contribution in [0.4, 0.5) is 0 Å². The van der Waals surface area contributed by atoms with Gasteiger partial charge in [-0.3, -0.25) is 0 Å². The van der Waals surface area contributed by atoms with Crippen LogP contribution in [0.1, 0.15) is 55.4 Å². The Balaban J connectivity index is 2.27. The highest BCUT2D eigenvalue weighted by molar-refractivity contribution is 6.05. The van der Waals surface area contributed by atoms with Crippen molar-refractivity contribution in [2.75, 3.05) is 13.2 Å². The number of aliphatic hydroxyl groups excluding tert-OH is 2. The molecule has 4 atom stereocenters. The second-order valence-corrected chi connectivity index (χ2v) is 9.80. The Morgan fingerprint density at radius 3 is 1.24 bits per heavy atom. The smallest absolute Gasteiger partial charge is 0.199 e. The van der Waals surface area contributed by atoms with Crippen LogP contribution in [-0.4, -0.2) is 59.5 Å². The van der Waals surface area contributed by atoms with Gasteiger partial charge >= 0.3 is 0 Å². The molecular formula is C19H34N2O4. The van der Waals surface area contributed by atoms with Gasteiger partial charge in [0.25, 0.3) is 0 Å². The van der Waals surface area contributed by atoms with E-state index in [1.807, 2.05) is 13.8 Å². The molecule has 0 fully saturated rings. The van der Waals surface area contributed by atoms with Crippen molar-refractivity contribution in [1.29, 1.82) is 0 Å². The maximum atomic E-state index is 9.70. The van der Waals surface area contributed by atoms with E-state index in [4.69, 9.17) is 9.47 Å². The van der Waals surface area contributed by atoms with E-state index in [0.717, 1.165) is 0 Å². The first kappa shape index (κ1) is 20.2. The van der Waals surface area contributed by atoms with Crippen LogP contribution in [-0.2, 0) is 9.47 Å². The fourth-order valence-corrected chi connectivity index (χ4v) is 3.38. The van der Waals surface area contributed by atoms with Crippen LogP contribution in [0.15, 0.2) is 9.98 Å². The third-order valence-corrected chi connectivity index (χ3v) is 4.89. The van der Waals surface area contributed by atoms with E-state index in [0.29, 0.717) is 11.8 Å². The predicted octanol–water partition coefficient (Wildman–Crippen LogP) is 2.42. The fourth-order valence-electron chi connectivity index (χ4n) is 3.38. The molecule has 0 aromatic rings. The van der Waals surface area contributed by atoms with E-state index in [2.05, 4.69) is 51.5 Å². The van der Waals surface area contributed by atoms with Crippen LogP contribution in [0.25, 0.3) is 0 Å². The molecule has 2 N–H and O–H groups in total. The number of ether oxygens (including phenoxy) is 2. The summed E-state index contributed by atoms with van der Waals surface area (Å²) < 4.78 is 12.3. The lowest BCUT2D eigenvalue weighted by Gasteiger charge is -2.33. The molecule has 0 saturated heterocycles. The summed E-state index contributed by atoms with van der Waals surface area (Å²) in [6.45, 7) is 16.3. The Kier molecular flexibility index (Phi) is 5.28. The summed E-state index contributed by atoms with van der Waals surface area (Å²) in [5, 5.41) is 19.4. The molecule has 2 rings (SSSR count). The molecule has 144 valence electrons. The minimum atomic E-state index is -0.652. The van der Waals surface area contributed by atoms with Crippen LogP contribution in [0.2, 0.25) is 0 Å². The first-order valence-electron chi connectivity index (χ1n) is 9.04. The van der Waals surface area contributed by atoms with Gasteiger partial charge in [-0.2, -0.15) is 0 Å². The highest BCUT2D eigenvalue weighted by atomic mass is 16.5. The van der Waals surface area contributed by atoms with Gasteiger partial charge in [-0.05, 0) is 13.8 Å². The highest BCUT2D eigenvalue weighted by Crippen LogP contribution is 2.39. The van der Waals surface area contributed by atoms with Crippen molar-refractivity contribution in [3.63, 3.8) is 0 Å². The Morgan fingerprint density at radius 2 is 1.04 bits per heavy atom. The summed E-state index contributed by atoms with van der Waals surface area (Å²) in [6.07, 6.45) is -0.387. The normalized spacial score (nSPS) is 30.6. The zero-order valence-electron chi connectivity index (χ0n) is 16.8. The van der Waals surface area contributed by atoms with Gasteiger partial charge in [-0.25, -0.2) is 9.98 Å². The van der Waals surface area contributed by atoms with Gasteiger partial charge in [0.1, 0.15) is 29.7 Å². The van der Waals surface area contributed by atoms with Crippen LogP contribution in [0.3, 0.4) is 0 Å². The third kappa shape index (κ3) is 3.85. The lowest BCUT2D eigenvalue weighted by atomic mass is 9.85. The second-order valence-electron chi connectivity index (χ2n) is 9.80. The monoisotopic (exact) mass is 354 g/mol. The number of nitrogens with zero attached hydrogens (tertiary/aromatic N) is 2. The minimum Gasteiger partial charge on any atom is -0.474 e. The van der Waals surface area contributed by atoms with Crippen LogP contribution < -0.4 is 0 Å². The van der Waals surface area contributed by atoms with Crippen molar-refractivity contribution in [3.05, 3.63) is 0 Å². The summed E-state index contributed by atoms with van der Waals surface area (Å²) in [7, 11) is 0. The molecule has 25 heavy (non-hydrogen) atoms. The van der Waals surface area contributed by atoms with E-state index in [1.165, 1.54) is 0 Å². The topological polar surface area (TPSA) is 83.6 Å². The summed E-state index contributed by atoms with van der Waals surface area (Å²) in [6, 6.07) is -0.577. The van der Waals surface area contributed by atoms with Crippen molar-refractivity contribution in [2.24, 2.45) is 26.2 Å². The lowest BCUT2D eigenvalue weighted by molar-refractivity contribution is 0.0432. The molecule has 0 radical (unpaired) electrons. The molecule has 6 heteroatoms. The zero-order valence-corrected chi connectivity index (χ0v) is 16.8. The van der Waals surface area contributed by atoms with Gasteiger partial charge in [-0.1, -0.05) is 41.5 Å². The van der Waals surface area contributed by atoms with Gasteiger partial charge in [0.05, 0.1) is 13.2 Å². The number of hydrogen-bond acceptors (Lipinski definition) is 6. The number of rotatable bonds is 4. The van der Waals surface area contributed by atoms with Gasteiger partial charge in [-0.15, -0.1) is 0 Å². The molecule has 0 bridgehead atoms. The molecule has 0 aromatic carbocycles. The first-order valence-corrected chi connectivity index (χ1v) is 9.04. The lowest BCUT2D eigenvalue weighted by Crippen LogP contribution is -2.41. The average Bonchev–Trinajstić information content (AvgIpc) is 3.10. The fraction of sp³-hybridized carbons (Fsp3) is 0.895. The standard InChI is InChI=1S/C19H34N2O4/c1-17(2,3)13-11(9-22)20-15(24-13)19(7,8)16-21-12(10-23)14(25-16)18(4,5)6/h11-14,22-23H,9-10H2,1-8H3. The summed E-state index contributed by atoms with van der Waals surface area (Å²) >= 11 is 0. The summed E-state index contributed by atoms with van der Waals surface area (Å²) in [4.78, 5) is 9.26. The second kappa shape index (κ2) is 6.54. The maximum Gasteiger partial charge on any atom is 0.199 e. The summed E-state index contributed by atoms with van der Waals surface area (Å²) in [5.74, 6) is 1.08. The van der Waals surface area contributed by atoms with Crippen molar-refractivity contribution in [1.82, 2.24) is 0 Å². The Morgan fingerprint density at radius 1 is 0.720 bits per heavy atom. The van der Waals surface area contributed by atoms with E-state index >= 15 is 0 Å². The Hall–Kier alpha value is -1.14. The highest BCUT2D eigenvalue weighted by Gasteiger charge is 2.50. The Bertz CT molecular complexity index is 507. The quantitative estimate of drug-likeness (QED) is 0.812. The predicted molar refractivity (Wildman–Crippen MR) is 99.1 cm³/mol. The van der Waals surface area contributed by atoms with Crippen molar-refractivity contribution in [3.8, 4) is 0 Å². The molecule has 0 amide bonds. The van der Waals surface area contributed by atoms with Gasteiger partial charge < -0.3 is 19.7 Å². The van der Waals surface area contributed by atoms with Crippen molar-refractivity contribution in [2.45, 2.75) is 79.7 Å². The first-order chi connectivity index (χ1) is 11.3. The molecule has 0 saturated carbocycles. The zero-order chi connectivity index (χ0) is 19.2. The van der Waals surface area contributed by atoms with Crippen molar-refractivity contribution < 1.29 is 19.7 Å². The minimum absolute atomic E-state index is 0.0568.